The fourth-order valence-corrected chi connectivity index (χ4v) is 4.35. The van der Waals surface area contributed by atoms with Crippen LogP contribution in [0.2, 0.25) is 0 Å². The van der Waals surface area contributed by atoms with Crippen molar-refractivity contribution in [3.05, 3.63) is 118 Å². The molecule has 0 saturated carbocycles. The van der Waals surface area contributed by atoms with E-state index in [9.17, 15) is 4.39 Å². The van der Waals surface area contributed by atoms with E-state index >= 15 is 0 Å². The van der Waals surface area contributed by atoms with Gasteiger partial charge in [0.1, 0.15) is 11.6 Å². The summed E-state index contributed by atoms with van der Waals surface area (Å²) in [6.07, 6.45) is 8.67. The summed E-state index contributed by atoms with van der Waals surface area (Å²) >= 11 is 0. The molecule has 0 radical (unpaired) electrons. The van der Waals surface area contributed by atoms with Crippen LogP contribution in [0.3, 0.4) is 0 Å². The van der Waals surface area contributed by atoms with Crippen molar-refractivity contribution in [2.75, 3.05) is 5.73 Å². The summed E-state index contributed by atoms with van der Waals surface area (Å²) in [6, 6.07) is 10.7. The number of nitrogens with zero attached hydrogens (tertiary/aromatic N) is 3. The molecular weight excluding hydrogens is 439 g/mol. The summed E-state index contributed by atoms with van der Waals surface area (Å²) in [5.41, 5.74) is 22.1. The van der Waals surface area contributed by atoms with Gasteiger partial charge in [0.15, 0.2) is 0 Å². The van der Waals surface area contributed by atoms with Crippen LogP contribution in [0, 0.1) is 12.7 Å². The molecule has 0 saturated heterocycles. The van der Waals surface area contributed by atoms with Crippen LogP contribution in [0.4, 0.5) is 10.2 Å². The van der Waals surface area contributed by atoms with Gasteiger partial charge in [-0.2, -0.15) is 5.10 Å². The van der Waals surface area contributed by atoms with Gasteiger partial charge in [-0.3, -0.25) is 4.98 Å². The minimum absolute atomic E-state index is 0.234. The first kappa shape index (κ1) is 22.4. The zero-order valence-electron chi connectivity index (χ0n) is 19.8. The first-order valence-electron chi connectivity index (χ1n) is 11.4. The maximum Gasteiger partial charge on any atom is 0.135 e. The molecule has 0 spiro atoms. The lowest BCUT2D eigenvalue weighted by atomic mass is 10.1. The Kier molecular flexibility index (Phi) is 5.61. The van der Waals surface area contributed by atoms with Crippen molar-refractivity contribution >= 4 is 17.5 Å². The van der Waals surface area contributed by atoms with E-state index in [1.165, 1.54) is 6.07 Å². The monoisotopic (exact) mass is 466 g/mol. The number of nitrogens with one attached hydrogen (secondary N) is 1. The zero-order chi connectivity index (χ0) is 24.7. The Hall–Kier alpha value is -4.39. The Morgan fingerprint density at radius 3 is 2.74 bits per heavy atom. The number of aromatic amines is 1. The second-order valence-corrected chi connectivity index (χ2v) is 8.87. The molecule has 1 aromatic carbocycles. The number of aromatic nitrogens is 4. The van der Waals surface area contributed by atoms with E-state index in [4.69, 9.17) is 11.5 Å². The molecule has 0 aliphatic heterocycles. The smallest absolute Gasteiger partial charge is 0.135 e. The highest BCUT2D eigenvalue weighted by Crippen LogP contribution is 2.31. The molecule has 5 N–H and O–H groups in total. The lowest BCUT2D eigenvalue weighted by Crippen LogP contribution is -2.07. The summed E-state index contributed by atoms with van der Waals surface area (Å²) in [6.45, 7) is 8.25. The molecule has 3 aromatic heterocycles. The first-order chi connectivity index (χ1) is 16.8. The van der Waals surface area contributed by atoms with Crippen LogP contribution in [0.15, 0.2) is 72.7 Å². The minimum Gasteiger partial charge on any atom is -0.399 e. The molecule has 3 heterocycles. The van der Waals surface area contributed by atoms with Gasteiger partial charge in [-0.05, 0) is 60.4 Å². The Morgan fingerprint density at radius 1 is 1.17 bits per heavy atom. The average Bonchev–Trinajstić information content (AvgIpc) is 3.38. The van der Waals surface area contributed by atoms with Gasteiger partial charge in [-0.15, -0.1) is 0 Å². The fraction of sp³-hybridized carbons (Fsp3) is 0.143. The summed E-state index contributed by atoms with van der Waals surface area (Å²) in [5.74, 6) is 0.240. The van der Waals surface area contributed by atoms with Crippen molar-refractivity contribution < 1.29 is 4.39 Å². The highest BCUT2D eigenvalue weighted by atomic mass is 19.1. The lowest BCUT2D eigenvalue weighted by Gasteiger charge is -2.11. The average molecular weight is 467 g/mol. The molecule has 4 aromatic rings. The van der Waals surface area contributed by atoms with E-state index in [-0.39, 0.29) is 5.82 Å². The third kappa shape index (κ3) is 4.17. The number of H-pyrrole nitrogens is 1. The number of halogens is 1. The Bertz CT molecular complexity index is 1520. The van der Waals surface area contributed by atoms with Crippen LogP contribution in [-0.2, 0) is 12.8 Å². The second kappa shape index (κ2) is 8.76. The molecule has 0 fully saturated rings. The number of nitrogen functional groups attached to an aromatic ring is 1. The van der Waals surface area contributed by atoms with E-state index in [1.807, 2.05) is 32.1 Å². The lowest BCUT2D eigenvalue weighted by molar-refractivity contribution is 0.613. The molecular formula is C28H27FN6. The standard InChI is InChI=1S/C28H27FN6/c1-16-10-20-13-26(34-25(20)9-8-24(16)30)18(3)22-14-33-35(28(22)31)27-15-32-21(11-17(27)2)12-19-6-4-5-7-23(19)29/h4-8,10-11,13-15,34H,3,9,12,30-31H2,1-2H3. The fourth-order valence-electron chi connectivity index (χ4n) is 4.35. The highest BCUT2D eigenvalue weighted by Gasteiger charge is 2.18. The van der Waals surface area contributed by atoms with Crippen LogP contribution in [-0.4, -0.2) is 19.7 Å². The van der Waals surface area contributed by atoms with Crippen molar-refractivity contribution in [2.24, 2.45) is 5.73 Å². The van der Waals surface area contributed by atoms with Gasteiger partial charge in [0.2, 0.25) is 0 Å². The molecule has 0 amide bonds. The highest BCUT2D eigenvalue weighted by molar-refractivity contribution is 5.83. The molecule has 0 atom stereocenters. The normalized spacial score (nSPS) is 13.1. The molecule has 35 heavy (non-hydrogen) atoms. The minimum atomic E-state index is -0.234. The first-order valence-corrected chi connectivity index (χ1v) is 11.4. The van der Waals surface area contributed by atoms with E-state index < -0.39 is 0 Å². The number of benzene rings is 1. The van der Waals surface area contributed by atoms with Crippen LogP contribution in [0.1, 0.15) is 46.3 Å². The summed E-state index contributed by atoms with van der Waals surface area (Å²) < 4.78 is 15.7. The number of hydrogen-bond donors (Lipinski definition) is 3. The van der Waals surface area contributed by atoms with Crippen molar-refractivity contribution in [2.45, 2.75) is 26.7 Å². The van der Waals surface area contributed by atoms with Crippen LogP contribution < -0.4 is 11.5 Å². The number of allylic oxidation sites excluding steroid dienone is 2. The number of anilines is 1. The number of aryl methyl sites for hydroxylation is 1. The molecule has 176 valence electrons. The molecule has 1 aliphatic carbocycles. The predicted molar refractivity (Wildman–Crippen MR) is 138 cm³/mol. The van der Waals surface area contributed by atoms with Gasteiger partial charge in [-0.1, -0.05) is 30.9 Å². The number of nitrogens with two attached hydrogens (primary N) is 2. The molecule has 0 bridgehead atoms. The number of pyridine rings is 1. The Balaban J connectivity index is 1.42. The SMILES string of the molecule is C=C(c1cc2c([nH]1)CC=C(N)C(C)=C2)c1cnn(-c2cnc(Cc3ccccc3F)cc2C)c1N. The van der Waals surface area contributed by atoms with Crippen molar-refractivity contribution in [3.63, 3.8) is 0 Å². The third-order valence-electron chi connectivity index (χ3n) is 6.44. The van der Waals surface area contributed by atoms with E-state index in [1.54, 1.807) is 29.2 Å². The van der Waals surface area contributed by atoms with Gasteiger partial charge in [0.05, 0.1) is 18.1 Å². The molecule has 6 nitrogen and oxygen atoms in total. The number of rotatable bonds is 5. The van der Waals surface area contributed by atoms with Gasteiger partial charge < -0.3 is 16.5 Å². The number of fused-ring (bicyclic) bond motifs is 1. The van der Waals surface area contributed by atoms with E-state index in [0.717, 1.165) is 62.7 Å². The van der Waals surface area contributed by atoms with Crippen LogP contribution >= 0.6 is 0 Å². The van der Waals surface area contributed by atoms with Gasteiger partial charge >= 0.3 is 0 Å². The van der Waals surface area contributed by atoms with Gasteiger partial charge in [-0.25, -0.2) is 9.07 Å². The molecule has 1 aliphatic rings. The molecule has 7 heteroatoms. The Morgan fingerprint density at radius 2 is 1.97 bits per heavy atom. The molecule has 0 unspecified atom stereocenters. The number of hydrogen-bond acceptors (Lipinski definition) is 4. The quantitative estimate of drug-likeness (QED) is 0.382. The van der Waals surface area contributed by atoms with Crippen molar-refractivity contribution in [1.82, 2.24) is 19.7 Å². The zero-order valence-corrected chi connectivity index (χ0v) is 19.8. The van der Waals surface area contributed by atoms with Gasteiger partial charge in [0, 0.05) is 46.8 Å². The van der Waals surface area contributed by atoms with Crippen LogP contribution in [0.5, 0.6) is 0 Å². The topological polar surface area (TPSA) is 98.5 Å². The predicted octanol–water partition coefficient (Wildman–Crippen LogP) is 5.08. The second-order valence-electron chi connectivity index (χ2n) is 8.87. The third-order valence-corrected chi connectivity index (χ3v) is 6.44. The maximum atomic E-state index is 14.0. The maximum absolute atomic E-state index is 14.0. The van der Waals surface area contributed by atoms with Crippen molar-refractivity contribution in [1.29, 1.82) is 0 Å². The largest absolute Gasteiger partial charge is 0.399 e. The summed E-state index contributed by atoms with van der Waals surface area (Å²) in [5, 5.41) is 4.52. The Labute approximate surface area is 203 Å². The van der Waals surface area contributed by atoms with Crippen molar-refractivity contribution in [3.8, 4) is 5.69 Å². The van der Waals surface area contributed by atoms with Gasteiger partial charge in [0.25, 0.3) is 0 Å². The van der Waals surface area contributed by atoms with E-state index in [2.05, 4.69) is 33.8 Å². The summed E-state index contributed by atoms with van der Waals surface area (Å²) in [7, 11) is 0. The van der Waals surface area contributed by atoms with E-state index in [0.29, 0.717) is 17.8 Å². The molecule has 5 rings (SSSR count). The van der Waals surface area contributed by atoms with Crippen LogP contribution in [0.25, 0.3) is 17.3 Å². The summed E-state index contributed by atoms with van der Waals surface area (Å²) in [4.78, 5) is 7.99.